The highest BCUT2D eigenvalue weighted by molar-refractivity contribution is 5.93. The molecule has 1 saturated heterocycles. The van der Waals surface area contributed by atoms with Crippen LogP contribution < -0.4 is 11.1 Å². The van der Waals surface area contributed by atoms with Gasteiger partial charge in [-0.1, -0.05) is 0 Å². The standard InChI is InChI=1S/C14H23N5O2/c1-9-13(10(2)18(3)17-9)16-12(20)8-19-6-4-5-11(7-19)14(15)21/h11H,4-8H2,1-3H3,(H2,15,21)(H,16,20)/t11-/m0/s1. The van der Waals surface area contributed by atoms with Crippen LogP contribution in [0.3, 0.4) is 0 Å². The maximum atomic E-state index is 12.2. The number of anilines is 1. The molecular weight excluding hydrogens is 270 g/mol. The highest BCUT2D eigenvalue weighted by Crippen LogP contribution is 2.19. The van der Waals surface area contributed by atoms with Gasteiger partial charge in [-0.15, -0.1) is 0 Å². The van der Waals surface area contributed by atoms with E-state index in [1.807, 2.05) is 25.8 Å². The van der Waals surface area contributed by atoms with Crippen LogP contribution in [0.4, 0.5) is 5.69 Å². The largest absolute Gasteiger partial charge is 0.369 e. The van der Waals surface area contributed by atoms with Crippen LogP contribution in [0.25, 0.3) is 0 Å². The number of nitrogens with one attached hydrogen (secondary N) is 1. The van der Waals surface area contributed by atoms with Gasteiger partial charge in [0.05, 0.1) is 29.5 Å². The van der Waals surface area contributed by atoms with Gasteiger partial charge in [-0.25, -0.2) is 0 Å². The van der Waals surface area contributed by atoms with Crippen molar-refractivity contribution in [1.82, 2.24) is 14.7 Å². The third-order valence-corrected chi connectivity index (χ3v) is 4.05. The van der Waals surface area contributed by atoms with Crippen molar-refractivity contribution in [3.8, 4) is 0 Å². The van der Waals surface area contributed by atoms with E-state index in [4.69, 9.17) is 5.73 Å². The van der Waals surface area contributed by atoms with E-state index in [1.54, 1.807) is 4.68 Å². The smallest absolute Gasteiger partial charge is 0.238 e. The summed E-state index contributed by atoms with van der Waals surface area (Å²) >= 11 is 0. The van der Waals surface area contributed by atoms with Crippen molar-refractivity contribution >= 4 is 17.5 Å². The van der Waals surface area contributed by atoms with Gasteiger partial charge in [-0.05, 0) is 33.2 Å². The molecule has 7 heteroatoms. The van der Waals surface area contributed by atoms with Crippen LogP contribution in [0.15, 0.2) is 0 Å². The summed E-state index contributed by atoms with van der Waals surface area (Å²) in [5.74, 6) is -0.508. The molecule has 1 atom stereocenters. The number of carbonyl (C=O) groups is 2. The van der Waals surface area contributed by atoms with Crippen molar-refractivity contribution in [2.75, 3.05) is 25.0 Å². The fourth-order valence-corrected chi connectivity index (χ4v) is 2.77. The average molecular weight is 293 g/mol. The van der Waals surface area contributed by atoms with E-state index in [1.165, 1.54) is 0 Å². The lowest BCUT2D eigenvalue weighted by Gasteiger charge is -2.30. The second-order valence-electron chi connectivity index (χ2n) is 5.69. The molecule has 1 fully saturated rings. The minimum absolute atomic E-state index is 0.0840. The molecule has 2 rings (SSSR count). The molecule has 3 N–H and O–H groups in total. The Labute approximate surface area is 124 Å². The summed E-state index contributed by atoms with van der Waals surface area (Å²) in [7, 11) is 1.85. The Morgan fingerprint density at radius 2 is 2.14 bits per heavy atom. The van der Waals surface area contributed by atoms with Crippen molar-refractivity contribution in [2.24, 2.45) is 18.7 Å². The van der Waals surface area contributed by atoms with E-state index >= 15 is 0 Å². The lowest BCUT2D eigenvalue weighted by atomic mass is 9.97. The van der Waals surface area contributed by atoms with Gasteiger partial charge < -0.3 is 11.1 Å². The number of rotatable bonds is 4. The molecule has 2 amide bonds. The van der Waals surface area contributed by atoms with E-state index in [2.05, 4.69) is 10.4 Å². The zero-order valence-electron chi connectivity index (χ0n) is 12.8. The van der Waals surface area contributed by atoms with E-state index in [0.717, 1.165) is 36.5 Å². The number of carbonyl (C=O) groups excluding carboxylic acids is 2. The SMILES string of the molecule is Cc1nn(C)c(C)c1NC(=O)CN1CCC[C@H](C(N)=O)C1. The lowest BCUT2D eigenvalue weighted by molar-refractivity contribution is -0.125. The summed E-state index contributed by atoms with van der Waals surface area (Å²) in [6.45, 7) is 5.44. The number of primary amides is 1. The van der Waals surface area contributed by atoms with Crippen LogP contribution >= 0.6 is 0 Å². The average Bonchev–Trinajstić information content (AvgIpc) is 2.65. The molecule has 116 valence electrons. The minimum Gasteiger partial charge on any atom is -0.369 e. The molecule has 0 bridgehead atoms. The molecular formula is C14H23N5O2. The monoisotopic (exact) mass is 293 g/mol. The van der Waals surface area contributed by atoms with Gasteiger partial charge in [-0.2, -0.15) is 5.10 Å². The van der Waals surface area contributed by atoms with E-state index in [0.29, 0.717) is 6.54 Å². The number of piperidine rings is 1. The Bertz CT molecular complexity index is 552. The topological polar surface area (TPSA) is 93.2 Å². The molecule has 2 heterocycles. The van der Waals surface area contributed by atoms with Crippen LogP contribution in [-0.2, 0) is 16.6 Å². The van der Waals surface area contributed by atoms with Crippen molar-refractivity contribution in [3.05, 3.63) is 11.4 Å². The quantitative estimate of drug-likeness (QED) is 0.827. The minimum atomic E-state index is -0.279. The number of nitrogens with two attached hydrogens (primary N) is 1. The first-order valence-electron chi connectivity index (χ1n) is 7.20. The van der Waals surface area contributed by atoms with Crippen molar-refractivity contribution in [1.29, 1.82) is 0 Å². The van der Waals surface area contributed by atoms with Gasteiger partial charge in [0.2, 0.25) is 11.8 Å². The summed E-state index contributed by atoms with van der Waals surface area (Å²) in [4.78, 5) is 25.4. The molecule has 7 nitrogen and oxygen atoms in total. The van der Waals surface area contributed by atoms with Crippen LogP contribution in [-0.4, -0.2) is 46.1 Å². The Morgan fingerprint density at radius 1 is 1.43 bits per heavy atom. The maximum Gasteiger partial charge on any atom is 0.238 e. The van der Waals surface area contributed by atoms with Gasteiger partial charge in [0.25, 0.3) is 0 Å². The fraction of sp³-hybridized carbons (Fsp3) is 0.643. The summed E-state index contributed by atoms with van der Waals surface area (Å²) in [6.07, 6.45) is 1.71. The first kappa shape index (κ1) is 15.5. The Kier molecular flexibility index (Phi) is 4.62. The number of hydrogen-bond donors (Lipinski definition) is 2. The summed E-state index contributed by atoms with van der Waals surface area (Å²) in [5.41, 5.74) is 7.85. The fourth-order valence-electron chi connectivity index (χ4n) is 2.77. The predicted molar refractivity (Wildman–Crippen MR) is 79.7 cm³/mol. The third-order valence-electron chi connectivity index (χ3n) is 4.05. The van der Waals surface area contributed by atoms with Crippen LogP contribution in [0.1, 0.15) is 24.2 Å². The molecule has 1 aromatic heterocycles. The zero-order valence-corrected chi connectivity index (χ0v) is 12.8. The second-order valence-corrected chi connectivity index (χ2v) is 5.69. The Balaban J connectivity index is 1.94. The van der Waals surface area contributed by atoms with Gasteiger partial charge in [0, 0.05) is 13.6 Å². The van der Waals surface area contributed by atoms with E-state index in [-0.39, 0.29) is 24.3 Å². The molecule has 0 spiro atoms. The van der Waals surface area contributed by atoms with Crippen molar-refractivity contribution in [3.63, 3.8) is 0 Å². The van der Waals surface area contributed by atoms with Gasteiger partial charge in [0.1, 0.15) is 0 Å². The van der Waals surface area contributed by atoms with Crippen LogP contribution in [0.5, 0.6) is 0 Å². The number of hydrogen-bond acceptors (Lipinski definition) is 4. The van der Waals surface area contributed by atoms with Crippen molar-refractivity contribution in [2.45, 2.75) is 26.7 Å². The molecule has 1 aromatic rings. The molecule has 0 radical (unpaired) electrons. The van der Waals surface area contributed by atoms with Gasteiger partial charge >= 0.3 is 0 Å². The van der Waals surface area contributed by atoms with Crippen LogP contribution in [0.2, 0.25) is 0 Å². The lowest BCUT2D eigenvalue weighted by Crippen LogP contribution is -2.44. The number of aromatic nitrogens is 2. The normalized spacial score (nSPS) is 19.5. The molecule has 1 aliphatic rings. The predicted octanol–water partition coefficient (Wildman–Crippen LogP) is 0.173. The summed E-state index contributed by atoms with van der Waals surface area (Å²) in [5, 5.41) is 7.18. The highest BCUT2D eigenvalue weighted by Gasteiger charge is 2.25. The molecule has 0 saturated carbocycles. The molecule has 0 unspecified atom stereocenters. The Hall–Kier alpha value is -1.89. The van der Waals surface area contributed by atoms with E-state index < -0.39 is 0 Å². The molecule has 0 aromatic carbocycles. The molecule has 0 aliphatic carbocycles. The number of likely N-dealkylation sites (tertiary alicyclic amines) is 1. The van der Waals surface area contributed by atoms with Gasteiger partial charge in [0.15, 0.2) is 0 Å². The first-order chi connectivity index (χ1) is 9.88. The van der Waals surface area contributed by atoms with Crippen molar-refractivity contribution < 1.29 is 9.59 Å². The number of aryl methyl sites for hydroxylation is 2. The Morgan fingerprint density at radius 3 is 2.71 bits per heavy atom. The maximum absolute atomic E-state index is 12.2. The van der Waals surface area contributed by atoms with Gasteiger partial charge in [-0.3, -0.25) is 19.2 Å². The summed E-state index contributed by atoms with van der Waals surface area (Å²) < 4.78 is 1.75. The summed E-state index contributed by atoms with van der Waals surface area (Å²) in [6, 6.07) is 0. The number of nitrogens with zero attached hydrogens (tertiary/aromatic N) is 3. The van der Waals surface area contributed by atoms with E-state index in [9.17, 15) is 9.59 Å². The third kappa shape index (κ3) is 3.60. The molecule has 1 aliphatic heterocycles. The first-order valence-corrected chi connectivity index (χ1v) is 7.20. The molecule has 21 heavy (non-hydrogen) atoms. The zero-order chi connectivity index (χ0) is 15.6. The highest BCUT2D eigenvalue weighted by atomic mass is 16.2. The number of amides is 2. The second kappa shape index (κ2) is 6.26. The van der Waals surface area contributed by atoms with Crippen LogP contribution in [0, 0.1) is 19.8 Å².